The molecule has 5 heteroatoms. The van der Waals surface area contributed by atoms with Crippen molar-refractivity contribution in [3.8, 4) is 6.07 Å². The van der Waals surface area contributed by atoms with Gasteiger partial charge in [0.15, 0.2) is 0 Å². The van der Waals surface area contributed by atoms with Crippen molar-refractivity contribution in [3.63, 3.8) is 0 Å². The fraction of sp³-hybridized carbons (Fsp3) is 0.294. The Bertz CT molecular complexity index is 738. The molecule has 0 saturated heterocycles. The number of hydrogen-bond acceptors (Lipinski definition) is 4. The van der Waals surface area contributed by atoms with Gasteiger partial charge in [-0.05, 0) is 19.4 Å². The van der Waals surface area contributed by atoms with Crippen LogP contribution in [-0.4, -0.2) is 11.1 Å². The maximum atomic E-state index is 9.53. The Labute approximate surface area is 130 Å². The lowest BCUT2D eigenvalue weighted by Crippen LogP contribution is -2.27. The topological polar surface area (TPSA) is 79.1 Å². The predicted octanol–water partition coefficient (Wildman–Crippen LogP) is 2.49. The lowest BCUT2D eigenvalue weighted by molar-refractivity contribution is 0.707. The normalized spacial score (nSPS) is 11.2. The van der Waals surface area contributed by atoms with Gasteiger partial charge in [-0.15, -0.1) is 0 Å². The first-order valence-electron chi connectivity index (χ1n) is 7.42. The summed E-state index contributed by atoms with van der Waals surface area (Å²) in [5.74, 6) is 0.601. The minimum atomic E-state index is 0.518. The molecule has 0 aliphatic heterocycles. The number of aromatic nitrogens is 1. The van der Waals surface area contributed by atoms with Crippen LogP contribution in [0.5, 0.6) is 0 Å². The number of hydrogen-bond donors (Lipinski definition) is 2. The van der Waals surface area contributed by atoms with E-state index in [1.165, 1.54) is 0 Å². The second-order valence-electron chi connectivity index (χ2n) is 4.87. The monoisotopic (exact) mass is 295 g/mol. The van der Waals surface area contributed by atoms with Gasteiger partial charge in [0.2, 0.25) is 0 Å². The average molecular weight is 295 g/mol. The van der Waals surface area contributed by atoms with Crippen molar-refractivity contribution < 1.29 is 0 Å². The number of nitriles is 1. The third-order valence-corrected chi connectivity index (χ3v) is 3.40. The van der Waals surface area contributed by atoms with E-state index in [9.17, 15) is 5.26 Å². The first-order valence-corrected chi connectivity index (χ1v) is 7.42. The Morgan fingerprint density at radius 1 is 1.27 bits per heavy atom. The van der Waals surface area contributed by atoms with E-state index in [4.69, 9.17) is 5.73 Å². The second kappa shape index (κ2) is 7.32. The van der Waals surface area contributed by atoms with Gasteiger partial charge in [-0.25, -0.2) is 0 Å². The molecule has 5 nitrogen and oxygen atoms in total. The molecule has 22 heavy (non-hydrogen) atoms. The highest BCUT2D eigenvalue weighted by molar-refractivity contribution is 5.61. The Morgan fingerprint density at radius 3 is 2.59 bits per heavy atom. The van der Waals surface area contributed by atoms with E-state index in [1.807, 2.05) is 48.7 Å². The van der Waals surface area contributed by atoms with Gasteiger partial charge in [0.1, 0.15) is 22.9 Å². The maximum absolute atomic E-state index is 9.53. The number of anilines is 2. The van der Waals surface area contributed by atoms with Crippen molar-refractivity contribution in [2.75, 3.05) is 17.6 Å². The molecule has 3 N–H and O–H groups in total. The zero-order chi connectivity index (χ0) is 15.9. The minimum Gasteiger partial charge on any atom is -0.385 e. The number of nitrogens with zero attached hydrogens (tertiary/aromatic N) is 3. The van der Waals surface area contributed by atoms with Crippen LogP contribution >= 0.6 is 0 Å². The SMILES string of the molecule is CCNc1cc(N)n(CC)c(=NCc2ccccc2)c1C#N. The summed E-state index contributed by atoms with van der Waals surface area (Å²) in [5.41, 5.74) is 9.11. The van der Waals surface area contributed by atoms with Gasteiger partial charge in [0.05, 0.1) is 12.2 Å². The molecule has 0 bridgehead atoms. The van der Waals surface area contributed by atoms with Gasteiger partial charge >= 0.3 is 0 Å². The summed E-state index contributed by atoms with van der Waals surface area (Å²) in [6.45, 7) is 5.89. The summed E-state index contributed by atoms with van der Waals surface area (Å²) in [4.78, 5) is 4.64. The van der Waals surface area contributed by atoms with Crippen molar-refractivity contribution in [2.45, 2.75) is 26.9 Å². The molecule has 114 valence electrons. The van der Waals surface area contributed by atoms with Crippen LogP contribution in [0.3, 0.4) is 0 Å². The Kier molecular flexibility index (Phi) is 5.21. The summed E-state index contributed by atoms with van der Waals surface area (Å²) in [7, 11) is 0. The smallest absolute Gasteiger partial charge is 0.149 e. The number of benzene rings is 1. The fourth-order valence-electron chi connectivity index (χ4n) is 2.36. The molecule has 1 aromatic carbocycles. The Balaban J connectivity index is 2.58. The molecule has 2 aromatic rings. The second-order valence-corrected chi connectivity index (χ2v) is 4.87. The molecule has 0 fully saturated rings. The molecule has 0 aliphatic carbocycles. The molecule has 0 spiro atoms. The highest BCUT2D eigenvalue weighted by Crippen LogP contribution is 2.15. The average Bonchev–Trinajstić information content (AvgIpc) is 2.54. The van der Waals surface area contributed by atoms with Crippen LogP contribution in [0, 0.1) is 11.3 Å². The van der Waals surface area contributed by atoms with Crippen LogP contribution in [0.1, 0.15) is 25.0 Å². The first kappa shape index (κ1) is 15.6. The summed E-state index contributed by atoms with van der Waals surface area (Å²) < 4.78 is 1.86. The summed E-state index contributed by atoms with van der Waals surface area (Å²) >= 11 is 0. The van der Waals surface area contributed by atoms with Crippen molar-refractivity contribution in [2.24, 2.45) is 4.99 Å². The van der Waals surface area contributed by atoms with Gasteiger partial charge in [0, 0.05) is 19.2 Å². The van der Waals surface area contributed by atoms with Crippen LogP contribution in [0.2, 0.25) is 0 Å². The predicted molar refractivity (Wildman–Crippen MR) is 89.1 cm³/mol. The van der Waals surface area contributed by atoms with E-state index in [2.05, 4.69) is 16.4 Å². The van der Waals surface area contributed by atoms with E-state index in [0.717, 1.165) is 17.8 Å². The van der Waals surface area contributed by atoms with E-state index >= 15 is 0 Å². The molecule has 0 atom stereocenters. The van der Waals surface area contributed by atoms with Crippen LogP contribution in [-0.2, 0) is 13.1 Å². The van der Waals surface area contributed by atoms with Gasteiger partial charge < -0.3 is 15.6 Å². The lowest BCUT2D eigenvalue weighted by Gasteiger charge is -2.14. The van der Waals surface area contributed by atoms with E-state index < -0.39 is 0 Å². The van der Waals surface area contributed by atoms with E-state index in [0.29, 0.717) is 30.0 Å². The molecular weight excluding hydrogens is 274 g/mol. The number of nitrogens with one attached hydrogen (secondary N) is 1. The van der Waals surface area contributed by atoms with Gasteiger partial charge in [0.25, 0.3) is 0 Å². The van der Waals surface area contributed by atoms with Gasteiger partial charge in [-0.1, -0.05) is 30.3 Å². The third kappa shape index (κ3) is 3.29. The van der Waals surface area contributed by atoms with Gasteiger partial charge in [-0.3, -0.25) is 4.99 Å². The third-order valence-electron chi connectivity index (χ3n) is 3.40. The Morgan fingerprint density at radius 2 is 2.00 bits per heavy atom. The summed E-state index contributed by atoms with van der Waals surface area (Å²) in [5, 5.41) is 12.7. The van der Waals surface area contributed by atoms with Crippen molar-refractivity contribution in [1.29, 1.82) is 5.26 Å². The maximum Gasteiger partial charge on any atom is 0.149 e. The fourth-order valence-corrected chi connectivity index (χ4v) is 2.36. The molecule has 0 amide bonds. The molecule has 0 saturated carbocycles. The minimum absolute atomic E-state index is 0.518. The molecule has 2 rings (SSSR count). The lowest BCUT2D eigenvalue weighted by atomic mass is 10.2. The number of nitrogens with two attached hydrogens (primary N) is 1. The van der Waals surface area contributed by atoms with Crippen LogP contribution < -0.4 is 16.5 Å². The highest BCUT2D eigenvalue weighted by atomic mass is 15.1. The van der Waals surface area contributed by atoms with Crippen LogP contribution in [0.15, 0.2) is 41.4 Å². The van der Waals surface area contributed by atoms with E-state index in [-0.39, 0.29) is 0 Å². The first-order chi connectivity index (χ1) is 10.7. The molecule has 0 aliphatic rings. The van der Waals surface area contributed by atoms with E-state index in [1.54, 1.807) is 6.07 Å². The van der Waals surface area contributed by atoms with Gasteiger partial charge in [-0.2, -0.15) is 5.26 Å². The van der Waals surface area contributed by atoms with Crippen LogP contribution in [0.25, 0.3) is 0 Å². The van der Waals surface area contributed by atoms with Crippen molar-refractivity contribution in [3.05, 3.63) is 53.0 Å². The van der Waals surface area contributed by atoms with Crippen molar-refractivity contribution in [1.82, 2.24) is 4.57 Å². The molecule has 1 heterocycles. The summed E-state index contributed by atoms with van der Waals surface area (Å²) in [6, 6.07) is 14.0. The molecule has 1 aromatic heterocycles. The number of nitrogen functional groups attached to an aromatic ring is 1. The van der Waals surface area contributed by atoms with Crippen molar-refractivity contribution >= 4 is 11.5 Å². The molecule has 0 radical (unpaired) electrons. The zero-order valence-electron chi connectivity index (χ0n) is 13.0. The number of rotatable bonds is 5. The number of pyridine rings is 1. The quantitative estimate of drug-likeness (QED) is 0.889. The van der Waals surface area contributed by atoms with Crippen LogP contribution in [0.4, 0.5) is 11.5 Å². The Hall–Kier alpha value is -2.74. The summed E-state index contributed by atoms with van der Waals surface area (Å²) in [6.07, 6.45) is 0. The largest absolute Gasteiger partial charge is 0.385 e. The zero-order valence-corrected chi connectivity index (χ0v) is 13.0. The molecule has 0 unspecified atom stereocenters. The standard InChI is InChI=1S/C17H21N5/c1-3-20-15-10-16(19)22(4-2)17(14(15)11-18)21-12-13-8-6-5-7-9-13/h5-10,20H,3-4,12,19H2,1-2H3. The highest BCUT2D eigenvalue weighted by Gasteiger charge is 2.10. The molecular formula is C17H21N5.